The van der Waals surface area contributed by atoms with Crippen molar-refractivity contribution in [2.75, 3.05) is 17.8 Å². The topological polar surface area (TPSA) is 42.4 Å². The van der Waals surface area contributed by atoms with Gasteiger partial charge in [-0.2, -0.15) is 0 Å². The summed E-state index contributed by atoms with van der Waals surface area (Å²) in [5.74, 6) is 0.444. The van der Waals surface area contributed by atoms with Crippen LogP contribution in [0.4, 0.5) is 5.13 Å². The number of amides is 1. The Labute approximate surface area is 188 Å². The molecule has 0 fully saturated rings. The van der Waals surface area contributed by atoms with Crippen LogP contribution in [0.2, 0.25) is 5.02 Å². The van der Waals surface area contributed by atoms with Gasteiger partial charge in [-0.05, 0) is 54.3 Å². The van der Waals surface area contributed by atoms with Gasteiger partial charge in [-0.3, -0.25) is 9.69 Å². The normalized spacial score (nSPS) is 10.9. The summed E-state index contributed by atoms with van der Waals surface area (Å²) in [4.78, 5) is 20.7. The Morgan fingerprint density at radius 2 is 1.87 bits per heavy atom. The number of halogens is 1. The highest BCUT2D eigenvalue weighted by molar-refractivity contribution is 7.98. The largest absolute Gasteiger partial charge is 0.484 e. The maximum absolute atomic E-state index is 13.1. The number of benzene rings is 3. The molecule has 0 aliphatic carbocycles. The maximum Gasteiger partial charge on any atom is 0.267 e. The van der Waals surface area contributed by atoms with Gasteiger partial charge in [0.25, 0.3) is 5.91 Å². The Hall–Kier alpha value is -2.54. The van der Waals surface area contributed by atoms with Gasteiger partial charge in [0.05, 0.1) is 16.8 Å². The van der Waals surface area contributed by atoms with Gasteiger partial charge in [0.1, 0.15) is 5.75 Å². The average molecular weight is 455 g/mol. The number of aromatic nitrogens is 1. The number of nitrogens with zero attached hydrogens (tertiary/aromatic N) is 2. The molecule has 7 heteroatoms. The second-order valence-corrected chi connectivity index (χ2v) is 8.86. The van der Waals surface area contributed by atoms with Crippen LogP contribution in [0.5, 0.6) is 5.75 Å². The Morgan fingerprint density at radius 1 is 1.10 bits per heavy atom. The minimum absolute atomic E-state index is 0.0829. The van der Waals surface area contributed by atoms with Crippen LogP contribution in [0.1, 0.15) is 5.56 Å². The second-order valence-electron chi connectivity index (χ2n) is 6.54. The van der Waals surface area contributed by atoms with Gasteiger partial charge in [0, 0.05) is 9.92 Å². The molecule has 3 aromatic carbocycles. The number of thiazole rings is 1. The molecule has 0 aliphatic rings. The summed E-state index contributed by atoms with van der Waals surface area (Å²) >= 11 is 9.12. The molecule has 0 unspecified atom stereocenters. The molecule has 4 nitrogen and oxygen atoms in total. The first-order valence-electron chi connectivity index (χ1n) is 9.29. The van der Waals surface area contributed by atoms with Crippen molar-refractivity contribution in [2.45, 2.75) is 11.4 Å². The number of ether oxygens (including phenoxy) is 1. The number of fused-ring (bicyclic) bond motifs is 1. The monoisotopic (exact) mass is 454 g/mol. The van der Waals surface area contributed by atoms with Crippen LogP contribution in [0, 0.1) is 0 Å². The van der Waals surface area contributed by atoms with E-state index in [1.807, 2.05) is 48.7 Å². The standard InChI is InChI=1S/C23H19ClN2O2S2/c1-29-19-11-12-20-21(13-19)30-23(25-20)26(14-16-5-3-2-4-6-16)22(27)15-28-18-9-7-17(24)8-10-18/h2-13H,14-15H2,1H3. The van der Waals surface area contributed by atoms with E-state index >= 15 is 0 Å². The van der Waals surface area contributed by atoms with E-state index in [0.29, 0.717) is 22.4 Å². The molecule has 0 bridgehead atoms. The molecule has 4 rings (SSSR count). The second kappa shape index (κ2) is 9.51. The van der Waals surface area contributed by atoms with Crippen LogP contribution < -0.4 is 9.64 Å². The van der Waals surface area contributed by atoms with E-state index in [4.69, 9.17) is 21.3 Å². The molecule has 0 radical (unpaired) electrons. The molecule has 0 atom stereocenters. The van der Waals surface area contributed by atoms with Crippen molar-refractivity contribution in [1.82, 2.24) is 4.98 Å². The van der Waals surface area contributed by atoms with Crippen LogP contribution in [-0.2, 0) is 11.3 Å². The molecule has 4 aromatic rings. The molecule has 0 spiro atoms. The van der Waals surface area contributed by atoms with E-state index in [0.717, 1.165) is 15.8 Å². The third-order valence-electron chi connectivity index (χ3n) is 4.48. The quantitative estimate of drug-likeness (QED) is 0.308. The number of hydrogen-bond acceptors (Lipinski definition) is 5. The molecule has 1 heterocycles. The van der Waals surface area contributed by atoms with Crippen molar-refractivity contribution >= 4 is 56.0 Å². The summed E-state index contributed by atoms with van der Waals surface area (Å²) in [6.07, 6.45) is 2.04. The fraction of sp³-hybridized carbons (Fsp3) is 0.130. The van der Waals surface area contributed by atoms with Crippen molar-refractivity contribution in [1.29, 1.82) is 0 Å². The average Bonchev–Trinajstić information content (AvgIpc) is 3.20. The zero-order valence-electron chi connectivity index (χ0n) is 16.2. The van der Waals surface area contributed by atoms with Gasteiger partial charge in [-0.1, -0.05) is 53.3 Å². The molecule has 0 N–H and O–H groups in total. The van der Waals surface area contributed by atoms with Gasteiger partial charge in [-0.25, -0.2) is 4.98 Å². The third kappa shape index (κ3) is 4.95. The molecule has 152 valence electrons. The van der Waals surface area contributed by atoms with E-state index < -0.39 is 0 Å². The van der Waals surface area contributed by atoms with E-state index in [9.17, 15) is 4.79 Å². The molecular formula is C23H19ClN2O2S2. The van der Waals surface area contributed by atoms with Crippen molar-refractivity contribution in [2.24, 2.45) is 0 Å². The number of anilines is 1. The van der Waals surface area contributed by atoms with Gasteiger partial charge in [-0.15, -0.1) is 11.8 Å². The fourth-order valence-corrected chi connectivity index (χ4v) is 4.58. The van der Waals surface area contributed by atoms with Crippen molar-refractivity contribution in [3.05, 3.63) is 83.4 Å². The van der Waals surface area contributed by atoms with Gasteiger partial charge >= 0.3 is 0 Å². The first-order valence-corrected chi connectivity index (χ1v) is 11.7. The zero-order chi connectivity index (χ0) is 20.9. The van der Waals surface area contributed by atoms with E-state index in [2.05, 4.69) is 6.07 Å². The minimum Gasteiger partial charge on any atom is -0.484 e. The lowest BCUT2D eigenvalue weighted by atomic mass is 10.2. The predicted octanol–water partition coefficient (Wildman–Crippen LogP) is 6.28. The van der Waals surface area contributed by atoms with Crippen LogP contribution in [0.25, 0.3) is 10.2 Å². The summed E-state index contributed by atoms with van der Waals surface area (Å²) < 4.78 is 6.75. The molecule has 30 heavy (non-hydrogen) atoms. The summed E-state index contributed by atoms with van der Waals surface area (Å²) in [5.41, 5.74) is 1.92. The smallest absolute Gasteiger partial charge is 0.267 e. The number of thioether (sulfide) groups is 1. The Kier molecular flexibility index (Phi) is 6.57. The lowest BCUT2D eigenvalue weighted by Crippen LogP contribution is -2.34. The molecule has 0 saturated heterocycles. The maximum atomic E-state index is 13.1. The Balaban J connectivity index is 1.60. The molecular weight excluding hydrogens is 436 g/mol. The summed E-state index contributed by atoms with van der Waals surface area (Å²) in [5, 5.41) is 1.29. The SMILES string of the molecule is CSc1ccc2nc(N(Cc3ccccc3)C(=O)COc3ccc(Cl)cc3)sc2c1. The Morgan fingerprint density at radius 3 is 2.60 bits per heavy atom. The molecule has 0 aliphatic heterocycles. The van der Waals surface area contributed by atoms with Gasteiger partial charge in [0.2, 0.25) is 0 Å². The van der Waals surface area contributed by atoms with Crippen molar-refractivity contribution in [3.63, 3.8) is 0 Å². The van der Waals surface area contributed by atoms with Crippen LogP contribution in [0.15, 0.2) is 77.7 Å². The predicted molar refractivity (Wildman–Crippen MR) is 126 cm³/mol. The van der Waals surface area contributed by atoms with Crippen molar-refractivity contribution < 1.29 is 9.53 Å². The zero-order valence-corrected chi connectivity index (χ0v) is 18.6. The molecule has 0 saturated carbocycles. The fourth-order valence-electron chi connectivity index (χ4n) is 2.92. The Bertz CT molecular complexity index is 1150. The van der Waals surface area contributed by atoms with Crippen LogP contribution >= 0.6 is 34.7 Å². The van der Waals surface area contributed by atoms with Gasteiger partial charge < -0.3 is 4.74 Å². The first kappa shape index (κ1) is 20.7. The molecule has 1 amide bonds. The van der Waals surface area contributed by atoms with Gasteiger partial charge in [0.15, 0.2) is 11.7 Å². The summed E-state index contributed by atoms with van der Waals surface area (Å²) in [6.45, 7) is 0.347. The number of hydrogen-bond donors (Lipinski definition) is 0. The molecule has 1 aromatic heterocycles. The minimum atomic E-state index is -0.155. The third-order valence-corrected chi connectivity index (χ3v) is 6.49. The van der Waals surface area contributed by atoms with Crippen molar-refractivity contribution in [3.8, 4) is 5.75 Å². The highest BCUT2D eigenvalue weighted by atomic mass is 35.5. The van der Waals surface area contributed by atoms with Crippen LogP contribution in [-0.4, -0.2) is 23.8 Å². The lowest BCUT2D eigenvalue weighted by Gasteiger charge is -2.20. The number of rotatable bonds is 7. The summed E-state index contributed by atoms with van der Waals surface area (Å²) in [7, 11) is 0. The van der Waals surface area contributed by atoms with E-state index in [-0.39, 0.29) is 12.5 Å². The summed E-state index contributed by atoms with van der Waals surface area (Å²) in [6, 6.07) is 23.0. The number of carbonyl (C=O) groups is 1. The van der Waals surface area contributed by atoms with Crippen LogP contribution in [0.3, 0.4) is 0 Å². The van der Waals surface area contributed by atoms with E-state index in [1.165, 1.54) is 16.2 Å². The first-order chi connectivity index (χ1) is 14.6. The van der Waals surface area contributed by atoms with E-state index in [1.54, 1.807) is 40.9 Å². The number of carbonyl (C=O) groups excluding carboxylic acids is 1. The highest BCUT2D eigenvalue weighted by Gasteiger charge is 2.21. The lowest BCUT2D eigenvalue weighted by molar-refractivity contribution is -0.120. The highest BCUT2D eigenvalue weighted by Crippen LogP contribution is 2.32.